The molecule has 1 aromatic heterocycles. The number of rotatable bonds is 3. The summed E-state index contributed by atoms with van der Waals surface area (Å²) in [6, 6.07) is 26.8. The molecule has 4 aliphatic rings. The van der Waals surface area contributed by atoms with Crippen LogP contribution < -0.4 is 9.80 Å². The Hall–Kier alpha value is -4.89. The number of benzene rings is 4. The van der Waals surface area contributed by atoms with E-state index in [0.29, 0.717) is 5.92 Å². The summed E-state index contributed by atoms with van der Waals surface area (Å²) in [7, 11) is 2.26. The van der Waals surface area contributed by atoms with E-state index in [1.807, 2.05) is 0 Å². The molecule has 0 saturated carbocycles. The van der Waals surface area contributed by atoms with Gasteiger partial charge in [0.15, 0.2) is 0 Å². The zero-order valence-electron chi connectivity index (χ0n) is 25.1. The Morgan fingerprint density at radius 1 is 0.705 bits per heavy atom. The molecule has 0 saturated heterocycles. The molecule has 3 aliphatic carbocycles. The van der Waals surface area contributed by atoms with Crippen molar-refractivity contribution in [3.8, 4) is 0 Å². The van der Waals surface area contributed by atoms with Gasteiger partial charge in [-0.25, -0.2) is 4.98 Å². The zero-order chi connectivity index (χ0) is 29.2. The van der Waals surface area contributed by atoms with E-state index in [1.54, 1.807) is 0 Å². The molecule has 2 heterocycles. The van der Waals surface area contributed by atoms with E-state index >= 15 is 0 Å². The topological polar surface area (TPSA) is 19.4 Å². The van der Waals surface area contributed by atoms with Gasteiger partial charge in [0, 0.05) is 45.9 Å². The van der Waals surface area contributed by atoms with Crippen molar-refractivity contribution in [1.82, 2.24) is 4.98 Å². The smallest absolute Gasteiger partial charge is 0.113 e. The van der Waals surface area contributed by atoms with Crippen LogP contribution >= 0.6 is 0 Å². The first-order valence-electron chi connectivity index (χ1n) is 16.1. The lowest BCUT2D eigenvalue weighted by Crippen LogP contribution is -2.46. The average molecular weight is 570 g/mol. The monoisotopic (exact) mass is 569 g/mol. The van der Waals surface area contributed by atoms with Crippen molar-refractivity contribution < 1.29 is 0 Å². The summed E-state index contributed by atoms with van der Waals surface area (Å²) < 4.78 is 0. The largest absolute Gasteiger partial charge is 0.352 e. The molecule has 5 aromatic rings. The second kappa shape index (κ2) is 10.1. The second-order valence-electron chi connectivity index (χ2n) is 12.6. The standard InChI is InChI=1S/C41H35N3/c1-43-36-17-9-10-18-37(36)44(31-13-3-2-4-14-31)41(43)30-21-19-29(20-22-30)38-34-25-23-27-11-5-7-15-32(27)39(34)42-40-33-16-8-6-12-28(33)24-26-35(38)40/h3,5,7-11,13-21,23-26,30,41H,2,4,6,12,22H2,1H3. The Kier molecular flexibility index (Phi) is 5.87. The Labute approximate surface area is 258 Å². The molecule has 1 aliphatic heterocycles. The third kappa shape index (κ3) is 3.85. The number of aromatic nitrogens is 1. The lowest BCUT2D eigenvalue weighted by Gasteiger charge is -2.37. The molecule has 9 rings (SSSR count). The Morgan fingerprint density at radius 2 is 1.52 bits per heavy atom. The van der Waals surface area contributed by atoms with Gasteiger partial charge in [-0.2, -0.15) is 0 Å². The highest BCUT2D eigenvalue weighted by molar-refractivity contribution is 6.16. The molecule has 0 spiro atoms. The maximum Gasteiger partial charge on any atom is 0.113 e. The fourth-order valence-corrected chi connectivity index (χ4v) is 7.98. The minimum Gasteiger partial charge on any atom is -0.352 e. The van der Waals surface area contributed by atoms with Crippen molar-refractivity contribution in [2.24, 2.45) is 5.92 Å². The van der Waals surface area contributed by atoms with Crippen molar-refractivity contribution in [2.75, 3.05) is 16.8 Å². The highest BCUT2D eigenvalue weighted by atomic mass is 15.4. The van der Waals surface area contributed by atoms with E-state index in [9.17, 15) is 0 Å². The van der Waals surface area contributed by atoms with Crippen LogP contribution in [0.15, 0.2) is 121 Å². The summed E-state index contributed by atoms with van der Waals surface area (Å²) in [5.41, 5.74) is 11.5. The fraction of sp³-hybridized carbons (Fsp3) is 0.195. The number of fused-ring (bicyclic) bond motifs is 7. The molecule has 0 N–H and O–H groups in total. The van der Waals surface area contributed by atoms with E-state index in [4.69, 9.17) is 4.98 Å². The van der Waals surface area contributed by atoms with Crippen LogP contribution in [0.2, 0.25) is 0 Å². The van der Waals surface area contributed by atoms with E-state index in [0.717, 1.165) is 43.1 Å². The first-order valence-corrected chi connectivity index (χ1v) is 16.1. The second-order valence-corrected chi connectivity index (χ2v) is 12.6. The lowest BCUT2D eigenvalue weighted by atomic mass is 9.85. The van der Waals surface area contributed by atoms with E-state index in [2.05, 4.69) is 138 Å². The van der Waals surface area contributed by atoms with Gasteiger partial charge in [-0.1, -0.05) is 103 Å². The van der Waals surface area contributed by atoms with E-state index in [-0.39, 0.29) is 6.17 Å². The van der Waals surface area contributed by atoms with Gasteiger partial charge in [0.1, 0.15) is 6.17 Å². The minimum absolute atomic E-state index is 0.225. The Balaban J connectivity index is 1.18. The molecule has 44 heavy (non-hydrogen) atoms. The van der Waals surface area contributed by atoms with Crippen LogP contribution in [0.5, 0.6) is 0 Å². The summed E-state index contributed by atoms with van der Waals surface area (Å²) in [4.78, 5) is 10.5. The zero-order valence-corrected chi connectivity index (χ0v) is 25.1. The molecular formula is C41H35N3. The van der Waals surface area contributed by atoms with Gasteiger partial charge in [-0.3, -0.25) is 0 Å². The number of allylic oxidation sites excluding steroid dienone is 7. The van der Waals surface area contributed by atoms with Crippen molar-refractivity contribution in [1.29, 1.82) is 0 Å². The molecule has 2 atom stereocenters. The van der Waals surface area contributed by atoms with Crippen molar-refractivity contribution in [3.63, 3.8) is 0 Å². The summed E-state index contributed by atoms with van der Waals surface area (Å²) in [5.74, 6) is 0.350. The number of nitrogens with zero attached hydrogens (tertiary/aromatic N) is 3. The third-order valence-electron chi connectivity index (χ3n) is 10.1. The first kappa shape index (κ1) is 25.6. The Morgan fingerprint density at radius 3 is 2.39 bits per heavy atom. The predicted molar refractivity (Wildman–Crippen MR) is 187 cm³/mol. The molecule has 214 valence electrons. The number of para-hydroxylation sites is 2. The predicted octanol–water partition coefficient (Wildman–Crippen LogP) is 9.98. The number of aryl methyl sites for hydroxylation is 1. The molecule has 4 aromatic carbocycles. The van der Waals surface area contributed by atoms with Crippen LogP contribution in [0.1, 0.15) is 42.4 Å². The summed E-state index contributed by atoms with van der Waals surface area (Å²) in [6.45, 7) is 0. The average Bonchev–Trinajstić information content (AvgIpc) is 3.39. The lowest BCUT2D eigenvalue weighted by molar-refractivity contribution is 0.496. The summed E-state index contributed by atoms with van der Waals surface area (Å²) >= 11 is 0. The van der Waals surface area contributed by atoms with Gasteiger partial charge in [0.25, 0.3) is 0 Å². The Bertz CT molecular complexity index is 2140. The maximum atomic E-state index is 5.42. The molecule has 2 unspecified atom stereocenters. The number of hydrogen-bond donors (Lipinski definition) is 0. The van der Waals surface area contributed by atoms with Gasteiger partial charge < -0.3 is 9.80 Å². The van der Waals surface area contributed by atoms with Gasteiger partial charge in [0.05, 0.1) is 22.4 Å². The summed E-state index contributed by atoms with van der Waals surface area (Å²) in [5, 5.41) is 4.94. The minimum atomic E-state index is 0.225. The summed E-state index contributed by atoms with van der Waals surface area (Å²) in [6.07, 6.45) is 24.6. The SMILES string of the molecule is CN1c2ccccc2N(C2=CCCC=C2)C1C1C=CC(c2c3ccc4c(c3nc3c2ccc2ccccc23)C=CCC4)=CC1. The van der Waals surface area contributed by atoms with Crippen molar-refractivity contribution in [3.05, 3.63) is 138 Å². The van der Waals surface area contributed by atoms with Crippen molar-refractivity contribution >= 4 is 55.6 Å². The third-order valence-corrected chi connectivity index (χ3v) is 10.1. The highest BCUT2D eigenvalue weighted by Crippen LogP contribution is 2.46. The fourth-order valence-electron chi connectivity index (χ4n) is 7.98. The van der Waals surface area contributed by atoms with E-state index in [1.165, 1.54) is 60.9 Å². The first-order chi connectivity index (χ1) is 21.8. The van der Waals surface area contributed by atoms with Gasteiger partial charge in [-0.05, 0) is 66.8 Å². The van der Waals surface area contributed by atoms with Crippen LogP contribution in [-0.4, -0.2) is 18.2 Å². The van der Waals surface area contributed by atoms with Gasteiger partial charge in [0.2, 0.25) is 0 Å². The normalized spacial score (nSPS) is 20.8. The van der Waals surface area contributed by atoms with Crippen LogP contribution in [0.3, 0.4) is 0 Å². The number of hydrogen-bond acceptors (Lipinski definition) is 3. The highest BCUT2D eigenvalue weighted by Gasteiger charge is 2.39. The van der Waals surface area contributed by atoms with Crippen LogP contribution in [0.25, 0.3) is 44.2 Å². The van der Waals surface area contributed by atoms with Crippen LogP contribution in [0.4, 0.5) is 11.4 Å². The molecular weight excluding hydrogens is 534 g/mol. The maximum absolute atomic E-state index is 5.42. The van der Waals surface area contributed by atoms with Gasteiger partial charge >= 0.3 is 0 Å². The van der Waals surface area contributed by atoms with Crippen molar-refractivity contribution in [2.45, 2.75) is 38.3 Å². The quantitative estimate of drug-likeness (QED) is 0.159. The molecule has 0 radical (unpaired) electrons. The molecule has 3 heteroatoms. The van der Waals surface area contributed by atoms with E-state index < -0.39 is 0 Å². The molecule has 0 amide bonds. The number of pyridine rings is 1. The van der Waals surface area contributed by atoms with Gasteiger partial charge in [-0.15, -0.1) is 0 Å². The van der Waals surface area contributed by atoms with Crippen LogP contribution in [0, 0.1) is 5.92 Å². The molecule has 0 bridgehead atoms. The molecule has 3 nitrogen and oxygen atoms in total. The van der Waals surface area contributed by atoms with Crippen LogP contribution in [-0.2, 0) is 6.42 Å². The molecule has 0 fully saturated rings. The number of anilines is 2.